The van der Waals surface area contributed by atoms with Crippen LogP contribution in [0.15, 0.2) is 28.7 Å². The third kappa shape index (κ3) is 5.31. The molecule has 24 heavy (non-hydrogen) atoms. The second-order valence-corrected chi connectivity index (χ2v) is 5.60. The van der Waals surface area contributed by atoms with Crippen LogP contribution in [-0.2, 0) is 4.79 Å². The molecular formula is C16H21FN4O3. The number of nitrogens with zero attached hydrogens (tertiary/aromatic N) is 3. The predicted molar refractivity (Wildman–Crippen MR) is 86.7 cm³/mol. The van der Waals surface area contributed by atoms with E-state index >= 15 is 0 Å². The lowest BCUT2D eigenvalue weighted by molar-refractivity contribution is -0.132. The first-order valence-corrected chi connectivity index (χ1v) is 7.75. The van der Waals surface area contributed by atoms with E-state index in [9.17, 15) is 9.18 Å². The molecule has 1 amide bonds. The summed E-state index contributed by atoms with van der Waals surface area (Å²) in [6.07, 6.45) is 0.890. The standard InChI is InChI=1S/C13H13FN4O2.C3H8O/c14-10-4-2-9(3-5-10)12-16-17-13(20-12)15-8-11(19)18-6-1-7-18;1-3(2)4/h2-5H,1,6-8H2,(H,15,17);3-4H,1-2H3. The number of aliphatic hydroxyl groups is 1. The van der Waals surface area contributed by atoms with Crippen LogP contribution in [0.2, 0.25) is 0 Å². The van der Waals surface area contributed by atoms with E-state index in [0.717, 1.165) is 19.5 Å². The highest BCUT2D eigenvalue weighted by atomic mass is 19.1. The summed E-state index contributed by atoms with van der Waals surface area (Å²) in [6, 6.07) is 5.92. The van der Waals surface area contributed by atoms with E-state index < -0.39 is 0 Å². The molecule has 1 fully saturated rings. The summed E-state index contributed by atoms with van der Waals surface area (Å²) in [5.74, 6) is -0.0339. The summed E-state index contributed by atoms with van der Waals surface area (Å²) in [7, 11) is 0. The van der Waals surface area contributed by atoms with Gasteiger partial charge < -0.3 is 19.7 Å². The molecule has 130 valence electrons. The Hall–Kier alpha value is -2.48. The SMILES string of the molecule is CC(C)O.O=C(CNc1nnc(-c2ccc(F)cc2)o1)N1CCC1. The molecule has 0 atom stereocenters. The van der Waals surface area contributed by atoms with Crippen molar-refractivity contribution in [3.8, 4) is 11.5 Å². The third-order valence-electron chi connectivity index (χ3n) is 3.12. The number of rotatable bonds is 4. The van der Waals surface area contributed by atoms with Gasteiger partial charge in [0.15, 0.2) is 0 Å². The van der Waals surface area contributed by atoms with Crippen LogP contribution in [0.3, 0.4) is 0 Å². The van der Waals surface area contributed by atoms with Gasteiger partial charge in [0, 0.05) is 24.8 Å². The average Bonchev–Trinajstić information content (AvgIpc) is 2.92. The van der Waals surface area contributed by atoms with Crippen LogP contribution in [0.1, 0.15) is 20.3 Å². The summed E-state index contributed by atoms with van der Waals surface area (Å²) in [4.78, 5) is 13.4. The number of aliphatic hydroxyl groups excluding tert-OH is 1. The molecule has 8 heteroatoms. The van der Waals surface area contributed by atoms with Crippen LogP contribution in [0, 0.1) is 5.82 Å². The number of hydrogen-bond acceptors (Lipinski definition) is 6. The zero-order chi connectivity index (χ0) is 17.5. The number of amides is 1. The average molecular weight is 336 g/mol. The lowest BCUT2D eigenvalue weighted by Crippen LogP contribution is -2.44. The van der Waals surface area contributed by atoms with Crippen LogP contribution in [0.5, 0.6) is 0 Å². The fraction of sp³-hybridized carbons (Fsp3) is 0.438. The van der Waals surface area contributed by atoms with Gasteiger partial charge in [0.1, 0.15) is 5.82 Å². The Morgan fingerprint density at radius 1 is 1.33 bits per heavy atom. The van der Waals surface area contributed by atoms with Gasteiger partial charge in [-0.2, -0.15) is 0 Å². The van der Waals surface area contributed by atoms with Crippen molar-refractivity contribution in [3.05, 3.63) is 30.1 Å². The summed E-state index contributed by atoms with van der Waals surface area (Å²) in [5.41, 5.74) is 0.626. The summed E-state index contributed by atoms with van der Waals surface area (Å²) in [6.45, 7) is 5.20. The molecule has 0 unspecified atom stereocenters. The normalized spacial score (nSPS) is 13.1. The fourth-order valence-corrected chi connectivity index (χ4v) is 1.83. The molecule has 1 saturated heterocycles. The molecule has 1 aromatic heterocycles. The van der Waals surface area contributed by atoms with Gasteiger partial charge in [0.2, 0.25) is 11.8 Å². The number of benzene rings is 1. The van der Waals surface area contributed by atoms with Crippen molar-refractivity contribution in [2.24, 2.45) is 0 Å². The Kier molecular flexibility index (Phi) is 6.25. The number of carbonyl (C=O) groups excluding carboxylic acids is 1. The maximum absolute atomic E-state index is 12.8. The van der Waals surface area contributed by atoms with E-state index in [4.69, 9.17) is 9.52 Å². The van der Waals surface area contributed by atoms with Gasteiger partial charge in [0.05, 0.1) is 6.54 Å². The minimum absolute atomic E-state index is 0.0118. The number of likely N-dealkylation sites (tertiary alicyclic amines) is 1. The first-order valence-electron chi connectivity index (χ1n) is 7.75. The molecule has 2 heterocycles. The summed E-state index contributed by atoms with van der Waals surface area (Å²) >= 11 is 0. The van der Waals surface area contributed by atoms with Gasteiger partial charge in [-0.1, -0.05) is 5.10 Å². The highest BCUT2D eigenvalue weighted by molar-refractivity contribution is 5.80. The minimum Gasteiger partial charge on any atom is -0.403 e. The summed E-state index contributed by atoms with van der Waals surface area (Å²) in [5, 5.41) is 18.5. The third-order valence-corrected chi connectivity index (χ3v) is 3.12. The van der Waals surface area contributed by atoms with Crippen molar-refractivity contribution in [2.45, 2.75) is 26.4 Å². The Morgan fingerprint density at radius 2 is 1.96 bits per heavy atom. The first kappa shape index (κ1) is 17.9. The molecule has 7 nitrogen and oxygen atoms in total. The molecule has 0 aliphatic carbocycles. The van der Waals surface area contributed by atoms with Crippen molar-refractivity contribution in [1.29, 1.82) is 0 Å². The molecule has 0 radical (unpaired) electrons. The van der Waals surface area contributed by atoms with Crippen molar-refractivity contribution < 1.29 is 18.7 Å². The zero-order valence-corrected chi connectivity index (χ0v) is 13.7. The lowest BCUT2D eigenvalue weighted by atomic mass is 10.2. The van der Waals surface area contributed by atoms with Crippen molar-refractivity contribution in [1.82, 2.24) is 15.1 Å². The van der Waals surface area contributed by atoms with E-state index in [1.165, 1.54) is 12.1 Å². The topological polar surface area (TPSA) is 91.5 Å². The number of hydrogen-bond donors (Lipinski definition) is 2. The molecule has 1 aliphatic heterocycles. The van der Waals surface area contributed by atoms with Gasteiger partial charge in [0.25, 0.3) is 0 Å². The molecular weight excluding hydrogens is 315 g/mol. The van der Waals surface area contributed by atoms with Crippen molar-refractivity contribution in [3.63, 3.8) is 0 Å². The quantitative estimate of drug-likeness (QED) is 0.886. The molecule has 0 saturated carbocycles. The van der Waals surface area contributed by atoms with Gasteiger partial charge >= 0.3 is 6.01 Å². The van der Waals surface area contributed by atoms with Crippen LogP contribution in [0.25, 0.3) is 11.5 Å². The Balaban J connectivity index is 0.000000471. The van der Waals surface area contributed by atoms with Gasteiger partial charge in [-0.25, -0.2) is 4.39 Å². The van der Waals surface area contributed by atoms with Crippen LogP contribution < -0.4 is 5.32 Å². The second-order valence-electron chi connectivity index (χ2n) is 5.60. The molecule has 2 aromatic rings. The van der Waals surface area contributed by atoms with Gasteiger partial charge in [-0.3, -0.25) is 4.79 Å². The van der Waals surface area contributed by atoms with Crippen molar-refractivity contribution in [2.75, 3.05) is 25.0 Å². The number of nitrogens with one attached hydrogen (secondary N) is 1. The predicted octanol–water partition coefficient (Wildman–Crippen LogP) is 1.91. The maximum Gasteiger partial charge on any atom is 0.316 e. The number of carbonyl (C=O) groups is 1. The molecule has 2 N–H and O–H groups in total. The number of halogens is 1. The number of anilines is 1. The van der Waals surface area contributed by atoms with E-state index in [1.54, 1.807) is 30.9 Å². The van der Waals surface area contributed by atoms with Crippen LogP contribution in [-0.4, -0.2) is 51.8 Å². The maximum atomic E-state index is 12.8. The monoisotopic (exact) mass is 336 g/mol. The summed E-state index contributed by atoms with van der Waals surface area (Å²) < 4.78 is 18.2. The molecule has 0 spiro atoms. The smallest absolute Gasteiger partial charge is 0.316 e. The van der Waals surface area contributed by atoms with Crippen molar-refractivity contribution >= 4 is 11.9 Å². The Morgan fingerprint density at radius 3 is 2.50 bits per heavy atom. The second kappa shape index (κ2) is 8.39. The number of aromatic nitrogens is 2. The minimum atomic E-state index is -0.327. The van der Waals surface area contributed by atoms with E-state index in [1.807, 2.05) is 0 Å². The molecule has 1 aliphatic rings. The van der Waals surface area contributed by atoms with Crippen LogP contribution in [0.4, 0.5) is 10.4 Å². The zero-order valence-electron chi connectivity index (χ0n) is 13.7. The van der Waals surface area contributed by atoms with Gasteiger partial charge in [-0.05, 0) is 44.5 Å². The van der Waals surface area contributed by atoms with E-state index in [2.05, 4.69) is 15.5 Å². The molecule has 0 bridgehead atoms. The van der Waals surface area contributed by atoms with E-state index in [0.29, 0.717) is 5.56 Å². The highest BCUT2D eigenvalue weighted by Gasteiger charge is 2.20. The molecule has 1 aromatic carbocycles. The Labute approximate surface area is 139 Å². The van der Waals surface area contributed by atoms with E-state index in [-0.39, 0.29) is 36.3 Å². The highest BCUT2D eigenvalue weighted by Crippen LogP contribution is 2.19. The largest absolute Gasteiger partial charge is 0.403 e. The van der Waals surface area contributed by atoms with Crippen LogP contribution >= 0.6 is 0 Å². The van der Waals surface area contributed by atoms with Gasteiger partial charge in [-0.15, -0.1) is 5.10 Å². The lowest BCUT2D eigenvalue weighted by Gasteiger charge is -2.30. The fourth-order valence-electron chi connectivity index (χ4n) is 1.83. The Bertz CT molecular complexity index is 651. The molecule has 3 rings (SSSR count). The first-order chi connectivity index (χ1) is 11.5.